The molecule has 2 amide bonds. The number of hydroxylamine groups is 2. The smallest absolute Gasteiger partial charge is 0.433 e. The molecule has 9 heteroatoms. The lowest BCUT2D eigenvalue weighted by atomic mass is 9.75. The maximum absolute atomic E-state index is 12.2. The molecule has 0 aromatic carbocycles. The normalized spacial score (nSPS) is 23.2. The number of rotatable bonds is 3. The number of hydrogen-bond donors (Lipinski definition) is 3. The largest absolute Gasteiger partial charge is 0.463 e. The highest BCUT2D eigenvalue weighted by Crippen LogP contribution is 2.33. The van der Waals surface area contributed by atoms with E-state index in [1.165, 1.54) is 14.0 Å². The van der Waals surface area contributed by atoms with Crippen LogP contribution in [0.1, 0.15) is 27.7 Å². The van der Waals surface area contributed by atoms with Gasteiger partial charge in [0.2, 0.25) is 5.54 Å². The molecule has 0 bridgehead atoms. The Kier molecular flexibility index (Phi) is 4.04. The summed E-state index contributed by atoms with van der Waals surface area (Å²) in [5.41, 5.74) is -0.470. The van der Waals surface area contributed by atoms with Gasteiger partial charge >= 0.3 is 6.09 Å². The van der Waals surface area contributed by atoms with Gasteiger partial charge in [0.15, 0.2) is 0 Å². The zero-order valence-electron chi connectivity index (χ0n) is 12.0. The van der Waals surface area contributed by atoms with Crippen LogP contribution in [0.15, 0.2) is 10.3 Å². The molecular weight excluding hydrogens is 268 g/mol. The Morgan fingerprint density at radius 1 is 1.50 bits per heavy atom. The fraction of sp³-hybridized carbons (Fsp3) is 0.636. The molecule has 3 N–H and O–H groups in total. The molecule has 1 rings (SSSR count). The molecule has 0 radical (unpaired) electrons. The number of oxime groups is 1. The third-order valence-electron chi connectivity index (χ3n) is 2.90. The number of amides is 2. The van der Waals surface area contributed by atoms with Crippen molar-refractivity contribution < 1.29 is 24.7 Å². The van der Waals surface area contributed by atoms with Gasteiger partial charge in [0.25, 0.3) is 5.91 Å². The number of hydrogen-bond acceptors (Lipinski definition) is 6. The molecule has 1 aliphatic heterocycles. The van der Waals surface area contributed by atoms with Crippen molar-refractivity contribution in [1.82, 2.24) is 10.5 Å². The number of nitrogens with zero attached hydrogens (tertiary/aromatic N) is 3. The number of carbonyl (C=O) groups is 2. The van der Waals surface area contributed by atoms with E-state index < -0.39 is 23.0 Å². The van der Waals surface area contributed by atoms with E-state index in [9.17, 15) is 14.8 Å². The molecular formula is C11H18N4O5. The van der Waals surface area contributed by atoms with Crippen molar-refractivity contribution >= 4 is 23.4 Å². The summed E-state index contributed by atoms with van der Waals surface area (Å²) in [5, 5.41) is 26.4. The Morgan fingerprint density at radius 2 is 2.05 bits per heavy atom. The maximum Gasteiger partial charge on any atom is 0.433 e. The minimum absolute atomic E-state index is 0.0476. The summed E-state index contributed by atoms with van der Waals surface area (Å²) in [5.74, 6) is -0.814. The Hall–Kier alpha value is -2.16. The van der Waals surface area contributed by atoms with E-state index in [-0.39, 0.29) is 16.5 Å². The Bertz CT molecular complexity index is 494. The lowest BCUT2D eigenvalue weighted by molar-refractivity contribution is -0.142. The van der Waals surface area contributed by atoms with Gasteiger partial charge in [-0.15, -0.1) is 0 Å². The summed E-state index contributed by atoms with van der Waals surface area (Å²) in [6.45, 7) is 6.58. The second-order valence-corrected chi connectivity index (χ2v) is 5.32. The summed E-state index contributed by atoms with van der Waals surface area (Å²) in [6.07, 6.45) is -1.70. The number of nitrogens with one attached hydrogen (secondary N) is 1. The van der Waals surface area contributed by atoms with Gasteiger partial charge in [-0.1, -0.05) is 25.9 Å². The molecule has 0 saturated heterocycles. The molecule has 9 nitrogen and oxygen atoms in total. The number of carbonyl (C=O) groups excluding carboxylic acids is 1. The molecule has 0 fully saturated rings. The molecule has 1 aliphatic rings. The molecule has 1 unspecified atom stereocenters. The first kappa shape index (κ1) is 15.9. The Morgan fingerprint density at radius 3 is 2.45 bits per heavy atom. The second kappa shape index (κ2) is 5.08. The van der Waals surface area contributed by atoms with Crippen LogP contribution in [-0.2, 0) is 9.63 Å². The third kappa shape index (κ3) is 2.20. The SMILES string of the molecule is CON=C(C)C1(N(O)C(=O)O)C(=O)NN=C1C(C)(C)C. The highest BCUT2D eigenvalue weighted by atomic mass is 16.6. The lowest BCUT2D eigenvalue weighted by Gasteiger charge is -2.36. The predicted octanol–water partition coefficient (Wildman–Crippen LogP) is 0.649. The molecule has 1 atom stereocenters. The molecule has 20 heavy (non-hydrogen) atoms. The monoisotopic (exact) mass is 286 g/mol. The van der Waals surface area contributed by atoms with Gasteiger partial charge in [0.1, 0.15) is 7.11 Å². The van der Waals surface area contributed by atoms with Crippen LogP contribution >= 0.6 is 0 Å². The summed E-state index contributed by atoms with van der Waals surface area (Å²) in [7, 11) is 1.25. The lowest BCUT2D eigenvalue weighted by Crippen LogP contribution is -2.66. The summed E-state index contributed by atoms with van der Waals surface area (Å²) >= 11 is 0. The third-order valence-corrected chi connectivity index (χ3v) is 2.90. The Balaban J connectivity index is 3.59. The number of carboxylic acid groups (broad SMARTS) is 1. The molecule has 0 aromatic rings. The fourth-order valence-corrected chi connectivity index (χ4v) is 2.12. The topological polar surface area (TPSA) is 124 Å². The average Bonchev–Trinajstić information content (AvgIpc) is 2.66. The predicted molar refractivity (Wildman–Crippen MR) is 69.5 cm³/mol. The van der Waals surface area contributed by atoms with Crippen LogP contribution in [0, 0.1) is 5.41 Å². The van der Waals surface area contributed by atoms with Crippen LogP contribution in [0.5, 0.6) is 0 Å². The molecule has 0 aromatic heterocycles. The van der Waals surface area contributed by atoms with E-state index in [4.69, 9.17) is 5.11 Å². The molecule has 0 saturated carbocycles. The van der Waals surface area contributed by atoms with Gasteiger partial charge in [0, 0.05) is 5.41 Å². The van der Waals surface area contributed by atoms with Crippen molar-refractivity contribution in [2.45, 2.75) is 33.2 Å². The Labute approximate surface area is 115 Å². The fourth-order valence-electron chi connectivity index (χ4n) is 2.12. The molecule has 1 heterocycles. The van der Waals surface area contributed by atoms with Gasteiger partial charge in [-0.05, 0) is 6.92 Å². The standard InChI is InChI=1S/C11H18N4O5/c1-6(14-20-5)11(15(19)9(17)18)7(10(2,3)4)12-13-8(11)16/h19H,1-5H3,(H,13,16)(H,17,18). The van der Waals surface area contributed by atoms with Crippen LogP contribution in [0.4, 0.5) is 4.79 Å². The van der Waals surface area contributed by atoms with Crippen LogP contribution in [0.25, 0.3) is 0 Å². The summed E-state index contributed by atoms with van der Waals surface area (Å²) in [4.78, 5) is 28.0. The van der Waals surface area contributed by atoms with Crippen molar-refractivity contribution in [3.63, 3.8) is 0 Å². The van der Waals surface area contributed by atoms with Crippen molar-refractivity contribution in [2.75, 3.05) is 7.11 Å². The van der Waals surface area contributed by atoms with E-state index >= 15 is 0 Å². The quantitative estimate of drug-likeness (QED) is 0.399. The first-order valence-corrected chi connectivity index (χ1v) is 5.79. The molecule has 0 spiro atoms. The zero-order valence-corrected chi connectivity index (χ0v) is 12.0. The average molecular weight is 286 g/mol. The highest BCUT2D eigenvalue weighted by molar-refractivity contribution is 6.35. The van der Waals surface area contributed by atoms with Crippen LogP contribution in [-0.4, -0.2) is 51.4 Å². The van der Waals surface area contributed by atoms with Gasteiger partial charge in [0.05, 0.1) is 11.4 Å². The van der Waals surface area contributed by atoms with Gasteiger partial charge in [-0.3, -0.25) is 10.0 Å². The highest BCUT2D eigenvalue weighted by Gasteiger charge is 2.60. The van der Waals surface area contributed by atoms with E-state index in [2.05, 4.69) is 20.5 Å². The van der Waals surface area contributed by atoms with Crippen LogP contribution in [0.3, 0.4) is 0 Å². The van der Waals surface area contributed by atoms with Gasteiger partial charge in [-0.2, -0.15) is 10.2 Å². The van der Waals surface area contributed by atoms with Crippen molar-refractivity contribution in [3.05, 3.63) is 0 Å². The first-order chi connectivity index (χ1) is 9.10. The zero-order chi connectivity index (χ0) is 15.7. The van der Waals surface area contributed by atoms with E-state index in [1.54, 1.807) is 20.8 Å². The minimum atomic E-state index is -2.04. The minimum Gasteiger partial charge on any atom is -0.463 e. The summed E-state index contributed by atoms with van der Waals surface area (Å²) in [6, 6.07) is 0. The first-order valence-electron chi connectivity index (χ1n) is 5.79. The van der Waals surface area contributed by atoms with Gasteiger partial charge < -0.3 is 9.94 Å². The van der Waals surface area contributed by atoms with Crippen molar-refractivity contribution in [3.8, 4) is 0 Å². The van der Waals surface area contributed by atoms with E-state index in [1.807, 2.05) is 0 Å². The van der Waals surface area contributed by atoms with E-state index in [0.29, 0.717) is 0 Å². The molecule has 0 aliphatic carbocycles. The van der Waals surface area contributed by atoms with Crippen LogP contribution < -0.4 is 5.43 Å². The van der Waals surface area contributed by atoms with Crippen molar-refractivity contribution in [1.29, 1.82) is 0 Å². The second-order valence-electron chi connectivity index (χ2n) is 5.32. The number of hydrazone groups is 1. The van der Waals surface area contributed by atoms with Gasteiger partial charge in [-0.25, -0.2) is 10.2 Å². The van der Waals surface area contributed by atoms with Crippen molar-refractivity contribution in [2.24, 2.45) is 15.7 Å². The molecule has 112 valence electrons. The van der Waals surface area contributed by atoms with Crippen LogP contribution in [0.2, 0.25) is 0 Å². The summed E-state index contributed by atoms with van der Waals surface area (Å²) < 4.78 is 0. The van der Waals surface area contributed by atoms with E-state index in [0.717, 1.165) is 0 Å². The maximum atomic E-state index is 12.2.